The number of halogens is 2. The van der Waals surface area contributed by atoms with E-state index in [9.17, 15) is 0 Å². The highest BCUT2D eigenvalue weighted by atomic mass is 35.5. The van der Waals surface area contributed by atoms with Gasteiger partial charge in [0.15, 0.2) is 0 Å². The summed E-state index contributed by atoms with van der Waals surface area (Å²) in [4.78, 5) is 5.38. The van der Waals surface area contributed by atoms with Gasteiger partial charge in [-0.15, -0.1) is 0 Å². The van der Waals surface area contributed by atoms with Crippen LogP contribution < -0.4 is 9.67 Å². The number of hydrogen-bond acceptors (Lipinski definition) is 2. The van der Waals surface area contributed by atoms with Gasteiger partial charge in [0.2, 0.25) is 0 Å². The lowest BCUT2D eigenvalue weighted by atomic mass is 10.2. The third-order valence-corrected chi connectivity index (χ3v) is 2.36. The van der Waals surface area contributed by atoms with Crippen LogP contribution in [0.4, 0.5) is 0 Å². The van der Waals surface area contributed by atoms with Crippen LogP contribution in [0.15, 0.2) is 0 Å². The molecule has 0 aromatic rings. The predicted molar refractivity (Wildman–Crippen MR) is 39.4 cm³/mol. The molecule has 54 valence electrons. The molecule has 9 heavy (non-hydrogen) atoms. The molecule has 1 aliphatic rings. The lowest BCUT2D eigenvalue weighted by molar-refractivity contribution is 0.535. The quantitative estimate of drug-likeness (QED) is 0.610. The Balaban J connectivity index is 2.32. The third kappa shape index (κ3) is 1.71. The second-order valence-electron chi connectivity index (χ2n) is 2.36. The summed E-state index contributed by atoms with van der Waals surface area (Å²) in [5, 5.41) is 0. The SMILES string of the molecule is ClNC1CCC[C@H]1NCl. The van der Waals surface area contributed by atoms with Crippen molar-refractivity contribution < 1.29 is 0 Å². The number of nitrogens with one attached hydrogen (secondary N) is 2. The first kappa shape index (κ1) is 7.61. The Hall–Kier alpha value is 0.500. The molecule has 2 nitrogen and oxygen atoms in total. The molecule has 0 heterocycles. The molecule has 4 heteroatoms. The Kier molecular flexibility index (Phi) is 3.06. The lowest BCUT2D eigenvalue weighted by Crippen LogP contribution is -2.36. The summed E-state index contributed by atoms with van der Waals surface area (Å²) in [5.41, 5.74) is 0. The fraction of sp³-hybridized carbons (Fsp3) is 1.00. The molecule has 0 aliphatic heterocycles. The smallest absolute Gasteiger partial charge is 0.0387 e. The largest absolute Gasteiger partial charge is 0.229 e. The van der Waals surface area contributed by atoms with Gasteiger partial charge in [0.25, 0.3) is 0 Å². The van der Waals surface area contributed by atoms with Crippen LogP contribution in [0.1, 0.15) is 19.3 Å². The molecule has 0 amide bonds. The van der Waals surface area contributed by atoms with Crippen molar-refractivity contribution in [1.29, 1.82) is 0 Å². The first-order chi connectivity index (χ1) is 4.38. The molecule has 1 fully saturated rings. The summed E-state index contributed by atoms with van der Waals surface area (Å²) in [6, 6.07) is 0.702. The zero-order valence-electron chi connectivity index (χ0n) is 5.03. The second-order valence-corrected chi connectivity index (χ2v) is 2.80. The summed E-state index contributed by atoms with van der Waals surface area (Å²) < 4.78 is 0. The van der Waals surface area contributed by atoms with E-state index >= 15 is 0 Å². The molecule has 1 aliphatic carbocycles. The van der Waals surface area contributed by atoms with Gasteiger partial charge in [-0.2, -0.15) is 0 Å². The molecule has 1 saturated carbocycles. The van der Waals surface area contributed by atoms with Crippen LogP contribution in [0.2, 0.25) is 0 Å². The van der Waals surface area contributed by atoms with Gasteiger partial charge in [-0.1, -0.05) is 6.42 Å². The highest BCUT2D eigenvalue weighted by molar-refractivity contribution is 6.14. The highest BCUT2D eigenvalue weighted by Gasteiger charge is 2.25. The van der Waals surface area contributed by atoms with Crippen LogP contribution in [0.25, 0.3) is 0 Å². The van der Waals surface area contributed by atoms with E-state index in [1.54, 1.807) is 0 Å². The maximum absolute atomic E-state index is 5.43. The van der Waals surface area contributed by atoms with E-state index in [1.165, 1.54) is 6.42 Å². The maximum Gasteiger partial charge on any atom is 0.0387 e. The van der Waals surface area contributed by atoms with Crippen molar-refractivity contribution in [3.63, 3.8) is 0 Å². The second kappa shape index (κ2) is 3.62. The van der Waals surface area contributed by atoms with Crippen LogP contribution in [0.5, 0.6) is 0 Å². The molecule has 0 aromatic carbocycles. The summed E-state index contributed by atoms with van der Waals surface area (Å²) in [7, 11) is 0. The molecule has 2 N–H and O–H groups in total. The summed E-state index contributed by atoms with van der Waals surface area (Å²) in [6.07, 6.45) is 3.44. The van der Waals surface area contributed by atoms with Gasteiger partial charge in [-0.3, -0.25) is 0 Å². The zero-order valence-corrected chi connectivity index (χ0v) is 6.54. The fourth-order valence-electron chi connectivity index (χ4n) is 1.22. The topological polar surface area (TPSA) is 24.1 Å². The van der Waals surface area contributed by atoms with E-state index in [1.807, 2.05) is 0 Å². The maximum atomic E-state index is 5.43. The molecule has 1 rings (SSSR count). The van der Waals surface area contributed by atoms with E-state index in [0.717, 1.165) is 12.8 Å². The number of rotatable bonds is 2. The molecule has 0 aromatic heterocycles. The number of hydrogen-bond donors (Lipinski definition) is 2. The average molecular weight is 169 g/mol. The van der Waals surface area contributed by atoms with E-state index in [-0.39, 0.29) is 0 Å². The van der Waals surface area contributed by atoms with E-state index < -0.39 is 0 Å². The first-order valence-electron chi connectivity index (χ1n) is 3.11. The monoisotopic (exact) mass is 168 g/mol. The van der Waals surface area contributed by atoms with Crippen LogP contribution in [-0.4, -0.2) is 12.1 Å². The molecule has 0 saturated heterocycles. The Bertz CT molecular complexity index is 79.0. The standard InChI is InChI=1S/C5H10Cl2N2/c6-8-4-2-1-3-5(4)9-7/h4-5,8-9H,1-3H2/t4-,5?/m1/s1. The molecule has 1 unspecified atom stereocenters. The van der Waals surface area contributed by atoms with Gasteiger partial charge < -0.3 is 0 Å². The molecule has 0 spiro atoms. The molecule has 0 bridgehead atoms. The van der Waals surface area contributed by atoms with Crippen LogP contribution in [-0.2, 0) is 0 Å². The van der Waals surface area contributed by atoms with E-state index in [2.05, 4.69) is 9.67 Å². The molecular formula is C5H10Cl2N2. The highest BCUT2D eigenvalue weighted by Crippen LogP contribution is 2.19. The van der Waals surface area contributed by atoms with Crippen molar-refractivity contribution in [1.82, 2.24) is 9.67 Å². The Morgan fingerprint density at radius 1 is 1.00 bits per heavy atom. The van der Waals surface area contributed by atoms with Crippen LogP contribution in [0, 0.1) is 0 Å². The van der Waals surface area contributed by atoms with Crippen LogP contribution in [0.3, 0.4) is 0 Å². The summed E-state index contributed by atoms with van der Waals surface area (Å²) in [6.45, 7) is 0. The van der Waals surface area contributed by atoms with Crippen molar-refractivity contribution in [2.24, 2.45) is 0 Å². The first-order valence-corrected chi connectivity index (χ1v) is 3.86. The minimum atomic E-state index is 0.351. The van der Waals surface area contributed by atoms with Crippen molar-refractivity contribution in [3.8, 4) is 0 Å². The van der Waals surface area contributed by atoms with Crippen LogP contribution >= 0.6 is 23.6 Å². The van der Waals surface area contributed by atoms with Crippen molar-refractivity contribution in [2.75, 3.05) is 0 Å². The van der Waals surface area contributed by atoms with Crippen molar-refractivity contribution >= 4 is 23.6 Å². The normalized spacial score (nSPS) is 35.3. The minimum Gasteiger partial charge on any atom is -0.229 e. The van der Waals surface area contributed by atoms with Gasteiger partial charge in [-0.25, -0.2) is 9.67 Å². The van der Waals surface area contributed by atoms with E-state index in [0.29, 0.717) is 12.1 Å². The summed E-state index contributed by atoms with van der Waals surface area (Å²) in [5.74, 6) is 0. The van der Waals surface area contributed by atoms with Gasteiger partial charge in [0, 0.05) is 12.1 Å². The lowest BCUT2D eigenvalue weighted by Gasteiger charge is -2.13. The Morgan fingerprint density at radius 2 is 1.44 bits per heavy atom. The van der Waals surface area contributed by atoms with Gasteiger partial charge in [0.05, 0.1) is 0 Å². The molecule has 2 atom stereocenters. The zero-order chi connectivity index (χ0) is 6.69. The van der Waals surface area contributed by atoms with Crippen molar-refractivity contribution in [2.45, 2.75) is 31.3 Å². The third-order valence-electron chi connectivity index (χ3n) is 1.80. The van der Waals surface area contributed by atoms with Gasteiger partial charge >= 0.3 is 0 Å². The Labute approximate surface area is 65.1 Å². The van der Waals surface area contributed by atoms with Gasteiger partial charge in [-0.05, 0) is 36.4 Å². The molecule has 0 radical (unpaired) electrons. The average Bonchev–Trinajstić information content (AvgIpc) is 2.33. The minimum absolute atomic E-state index is 0.351. The fourth-order valence-corrected chi connectivity index (χ4v) is 1.74. The Morgan fingerprint density at radius 3 is 1.78 bits per heavy atom. The molecular weight excluding hydrogens is 159 g/mol. The van der Waals surface area contributed by atoms with Gasteiger partial charge in [0.1, 0.15) is 0 Å². The predicted octanol–water partition coefficient (Wildman–Crippen LogP) is 1.39. The van der Waals surface area contributed by atoms with Crippen molar-refractivity contribution in [3.05, 3.63) is 0 Å². The summed E-state index contributed by atoms with van der Waals surface area (Å²) >= 11 is 10.9. The van der Waals surface area contributed by atoms with E-state index in [4.69, 9.17) is 23.6 Å².